The Morgan fingerprint density at radius 1 is 1.23 bits per heavy atom. The van der Waals surface area contributed by atoms with E-state index < -0.39 is 18.5 Å². The van der Waals surface area contributed by atoms with E-state index in [0.29, 0.717) is 26.2 Å². The highest BCUT2D eigenvalue weighted by molar-refractivity contribution is 7.55. The zero-order valence-corrected chi connectivity index (χ0v) is 15.3. The third-order valence-electron chi connectivity index (χ3n) is 3.97. The maximum Gasteiger partial charge on any atom is 0.350 e. The van der Waals surface area contributed by atoms with Crippen LogP contribution in [0.25, 0.3) is 0 Å². The Kier molecular flexibility index (Phi) is 4.55. The topological polar surface area (TPSA) is 73.9 Å². The predicted molar refractivity (Wildman–Crippen MR) is 83.7 cm³/mol. The van der Waals surface area contributed by atoms with Crippen LogP contribution in [-0.2, 0) is 23.1 Å². The average Bonchev–Trinajstić information content (AvgIpc) is 2.76. The molecule has 0 aliphatic carbocycles. The lowest BCUT2D eigenvalue weighted by Crippen LogP contribution is -2.42. The molecule has 1 N–H and O–H groups in total. The summed E-state index contributed by atoms with van der Waals surface area (Å²) in [7, 11) is -3.30. The van der Waals surface area contributed by atoms with Crippen molar-refractivity contribution in [1.82, 2.24) is 5.32 Å². The molecule has 6 nitrogen and oxygen atoms in total. The first kappa shape index (κ1) is 17.9. The Hall–Kier alpha value is -0.420. The van der Waals surface area contributed by atoms with Gasteiger partial charge in [0.15, 0.2) is 0 Å². The quantitative estimate of drug-likeness (QED) is 0.619. The Bertz CT molecular complexity index is 485. The number of nitrogens with one attached hydrogen (secondary N) is 1. The molecule has 0 aromatic heterocycles. The molecule has 2 heterocycles. The molecule has 0 aromatic rings. The summed E-state index contributed by atoms with van der Waals surface area (Å²) in [5, 5.41) is 2.33. The second-order valence-electron chi connectivity index (χ2n) is 8.30. The second-order valence-corrected chi connectivity index (χ2v) is 10.8. The van der Waals surface area contributed by atoms with Crippen LogP contribution < -0.4 is 5.32 Å². The molecule has 0 saturated carbocycles. The van der Waals surface area contributed by atoms with Crippen LogP contribution in [0.3, 0.4) is 0 Å². The van der Waals surface area contributed by atoms with Crippen LogP contribution >= 0.6 is 7.60 Å². The van der Waals surface area contributed by atoms with Gasteiger partial charge in [-0.2, -0.15) is 0 Å². The summed E-state index contributed by atoms with van der Waals surface area (Å²) in [5.41, 5.74) is -0.671. The lowest BCUT2D eigenvalue weighted by atomic mass is 9.97. The fourth-order valence-corrected chi connectivity index (χ4v) is 5.02. The molecular formula is C15H28NO5P. The summed E-state index contributed by atoms with van der Waals surface area (Å²) in [5.74, 6) is -0.607. The van der Waals surface area contributed by atoms with Crippen LogP contribution in [0.2, 0.25) is 0 Å². The average molecular weight is 333 g/mol. The van der Waals surface area contributed by atoms with Gasteiger partial charge >= 0.3 is 13.6 Å². The van der Waals surface area contributed by atoms with E-state index in [1.165, 1.54) is 0 Å². The minimum Gasteiger partial charge on any atom is -0.460 e. The maximum absolute atomic E-state index is 13.0. The van der Waals surface area contributed by atoms with E-state index in [9.17, 15) is 9.36 Å². The van der Waals surface area contributed by atoms with E-state index in [1.807, 2.05) is 34.6 Å². The van der Waals surface area contributed by atoms with Crippen LogP contribution in [0.4, 0.5) is 0 Å². The van der Waals surface area contributed by atoms with Gasteiger partial charge < -0.3 is 19.1 Å². The monoisotopic (exact) mass is 333 g/mol. The first-order valence-electron chi connectivity index (χ1n) is 7.73. The minimum atomic E-state index is -3.30. The Labute approximate surface area is 132 Å². The number of carbonyl (C=O) groups excluding carboxylic acids is 1. The van der Waals surface area contributed by atoms with Crippen LogP contribution in [0.5, 0.6) is 0 Å². The van der Waals surface area contributed by atoms with E-state index in [0.717, 1.165) is 0 Å². The van der Waals surface area contributed by atoms with Crippen molar-refractivity contribution < 1.29 is 23.1 Å². The van der Waals surface area contributed by atoms with Crippen LogP contribution in [-0.4, -0.2) is 36.6 Å². The number of hydrogen-bond donors (Lipinski definition) is 1. The molecule has 0 amide bonds. The zero-order valence-electron chi connectivity index (χ0n) is 14.4. The predicted octanol–water partition coefficient (Wildman–Crippen LogP) is 2.92. The normalized spacial score (nSPS) is 34.4. The van der Waals surface area contributed by atoms with Gasteiger partial charge in [0.25, 0.3) is 0 Å². The van der Waals surface area contributed by atoms with Crippen molar-refractivity contribution in [2.45, 2.75) is 58.8 Å². The van der Waals surface area contributed by atoms with E-state index >= 15 is 0 Å². The Morgan fingerprint density at radius 3 is 2.27 bits per heavy atom. The van der Waals surface area contributed by atoms with Gasteiger partial charge in [0.05, 0.1) is 19.1 Å². The lowest BCUT2D eigenvalue weighted by molar-refractivity contribution is -0.159. The molecule has 0 bridgehead atoms. The molecule has 128 valence electrons. The molecule has 2 saturated heterocycles. The summed E-state index contributed by atoms with van der Waals surface area (Å²) in [4.78, 5) is 12.2. The van der Waals surface area contributed by atoms with Crippen molar-refractivity contribution in [3.63, 3.8) is 0 Å². The van der Waals surface area contributed by atoms with Crippen LogP contribution in [0.1, 0.15) is 48.0 Å². The van der Waals surface area contributed by atoms with Crippen molar-refractivity contribution in [1.29, 1.82) is 0 Å². The van der Waals surface area contributed by atoms with Crippen molar-refractivity contribution in [3.8, 4) is 0 Å². The van der Waals surface area contributed by atoms with E-state index in [-0.39, 0.29) is 17.3 Å². The fraction of sp³-hybridized carbons (Fsp3) is 0.933. The highest BCUT2D eigenvalue weighted by atomic mass is 31.2. The van der Waals surface area contributed by atoms with Gasteiger partial charge in [0.2, 0.25) is 0 Å². The van der Waals surface area contributed by atoms with Crippen LogP contribution in [0, 0.1) is 11.3 Å². The van der Waals surface area contributed by atoms with E-state index in [2.05, 4.69) is 5.32 Å². The van der Waals surface area contributed by atoms with Gasteiger partial charge in [-0.1, -0.05) is 13.8 Å². The van der Waals surface area contributed by atoms with Gasteiger partial charge in [-0.25, -0.2) is 0 Å². The summed E-state index contributed by atoms with van der Waals surface area (Å²) in [6.07, 6.45) is 0.389. The van der Waals surface area contributed by atoms with Gasteiger partial charge in [0, 0.05) is 12.0 Å². The van der Waals surface area contributed by atoms with Gasteiger partial charge in [0.1, 0.15) is 10.9 Å². The number of ether oxygens (including phenoxy) is 1. The molecule has 2 aliphatic heterocycles. The zero-order chi connectivity index (χ0) is 16.8. The lowest BCUT2D eigenvalue weighted by Gasteiger charge is -2.40. The molecule has 22 heavy (non-hydrogen) atoms. The smallest absolute Gasteiger partial charge is 0.350 e. The molecule has 2 unspecified atom stereocenters. The molecule has 0 spiro atoms. The minimum absolute atomic E-state index is 0.145. The van der Waals surface area contributed by atoms with Crippen molar-refractivity contribution >= 4 is 13.6 Å². The molecule has 2 aliphatic rings. The highest BCUT2D eigenvalue weighted by Gasteiger charge is 2.56. The first-order valence-corrected chi connectivity index (χ1v) is 9.27. The Morgan fingerprint density at radius 2 is 1.77 bits per heavy atom. The third kappa shape index (κ3) is 3.73. The number of carbonyl (C=O) groups is 1. The number of hydrogen-bond acceptors (Lipinski definition) is 6. The summed E-state index contributed by atoms with van der Waals surface area (Å²) in [6.45, 7) is 12.5. The molecule has 0 aromatic carbocycles. The van der Waals surface area contributed by atoms with E-state index in [4.69, 9.17) is 13.8 Å². The number of esters is 1. The molecule has 2 atom stereocenters. The van der Waals surface area contributed by atoms with Gasteiger partial charge in [-0.3, -0.25) is 9.36 Å². The fourth-order valence-electron chi connectivity index (χ4n) is 2.61. The Balaban J connectivity index is 2.04. The third-order valence-corrected chi connectivity index (χ3v) is 6.46. The molecule has 7 heteroatoms. The van der Waals surface area contributed by atoms with Crippen molar-refractivity contribution in [2.75, 3.05) is 19.8 Å². The highest BCUT2D eigenvalue weighted by Crippen LogP contribution is 2.65. The first-order chi connectivity index (χ1) is 9.86. The largest absolute Gasteiger partial charge is 0.460 e. The summed E-state index contributed by atoms with van der Waals surface area (Å²) in [6, 6.07) is 0. The molecule has 0 radical (unpaired) electrons. The second kappa shape index (κ2) is 5.59. The molecular weight excluding hydrogens is 305 g/mol. The van der Waals surface area contributed by atoms with Crippen molar-refractivity contribution in [2.24, 2.45) is 11.3 Å². The van der Waals surface area contributed by atoms with Crippen molar-refractivity contribution in [3.05, 3.63) is 0 Å². The summed E-state index contributed by atoms with van der Waals surface area (Å²) >= 11 is 0. The molecule has 2 rings (SSSR count). The maximum atomic E-state index is 13.0. The molecule has 2 fully saturated rings. The van der Waals surface area contributed by atoms with E-state index in [1.54, 1.807) is 6.92 Å². The van der Waals surface area contributed by atoms with Gasteiger partial charge in [-0.15, -0.1) is 0 Å². The van der Waals surface area contributed by atoms with Crippen LogP contribution in [0.15, 0.2) is 0 Å². The summed E-state index contributed by atoms with van der Waals surface area (Å²) < 4.78 is 29.7. The van der Waals surface area contributed by atoms with Gasteiger partial charge in [-0.05, 0) is 34.1 Å². The SMILES string of the molecule is CC1(C)COP(=O)(C2(C)CC(C(=O)OC(C)(C)C)CN2)OC1. The standard InChI is InChI=1S/C15H28NO5P/c1-13(2,3)21-12(17)11-7-15(6,16-8-11)22(18)19-9-14(4,5)10-20-22/h11,16H,7-10H2,1-6H3. The number of rotatable bonds is 2.